The molecule has 3 rings (SSSR count). The second-order valence-electron chi connectivity index (χ2n) is 5.91. The minimum absolute atomic E-state index is 0.130. The summed E-state index contributed by atoms with van der Waals surface area (Å²) in [5.74, 6) is -0.0889. The molecule has 2 aromatic heterocycles. The van der Waals surface area contributed by atoms with Gasteiger partial charge < -0.3 is 9.80 Å². The molecule has 3 heterocycles. The van der Waals surface area contributed by atoms with Gasteiger partial charge in [0.15, 0.2) is 0 Å². The second-order valence-corrected chi connectivity index (χ2v) is 6.94. The van der Waals surface area contributed by atoms with Gasteiger partial charge in [0.1, 0.15) is 5.69 Å². The van der Waals surface area contributed by atoms with Gasteiger partial charge in [0.25, 0.3) is 11.5 Å². The number of H-pyrrole nitrogens is 1. The fourth-order valence-corrected chi connectivity index (χ4v) is 3.55. The smallest absolute Gasteiger partial charge is 0.274 e. The molecule has 1 aliphatic heterocycles. The highest BCUT2D eigenvalue weighted by Crippen LogP contribution is 2.13. The molecule has 1 aliphatic rings. The van der Waals surface area contributed by atoms with Crippen LogP contribution in [0.4, 0.5) is 0 Å². The van der Waals surface area contributed by atoms with Crippen molar-refractivity contribution >= 4 is 23.2 Å². The Hall–Kier alpha value is -2.48. The number of hydrogen-bond acceptors (Lipinski definition) is 5. The Morgan fingerprint density at radius 2 is 1.92 bits per heavy atom. The molecule has 0 aromatic carbocycles. The van der Waals surface area contributed by atoms with Crippen LogP contribution in [-0.4, -0.2) is 58.0 Å². The van der Waals surface area contributed by atoms with Gasteiger partial charge in [0.05, 0.1) is 0 Å². The number of thiophene rings is 1. The maximum Gasteiger partial charge on any atom is 0.274 e. The van der Waals surface area contributed by atoms with Crippen LogP contribution in [0.15, 0.2) is 34.4 Å². The van der Waals surface area contributed by atoms with Crippen LogP contribution in [0.2, 0.25) is 0 Å². The Balaban J connectivity index is 1.54. The van der Waals surface area contributed by atoms with E-state index in [9.17, 15) is 14.4 Å². The third kappa shape index (κ3) is 4.54. The van der Waals surface area contributed by atoms with Gasteiger partial charge in [-0.1, -0.05) is 6.07 Å². The summed E-state index contributed by atoms with van der Waals surface area (Å²) < 4.78 is 0. The third-order valence-corrected chi connectivity index (χ3v) is 5.14. The molecule has 1 fully saturated rings. The van der Waals surface area contributed by atoms with Crippen molar-refractivity contribution < 1.29 is 9.59 Å². The largest absolute Gasteiger partial charge is 0.341 e. The molecule has 0 radical (unpaired) electrons. The first kappa shape index (κ1) is 17.3. The molecule has 2 aromatic rings. The highest BCUT2D eigenvalue weighted by molar-refractivity contribution is 7.09. The zero-order chi connectivity index (χ0) is 17.6. The van der Waals surface area contributed by atoms with Gasteiger partial charge in [0, 0.05) is 43.5 Å². The lowest BCUT2D eigenvalue weighted by atomic mass is 10.2. The second kappa shape index (κ2) is 8.06. The molecular formula is C17H20N4O3S. The standard InChI is InChI=1S/C17H20N4O3S/c22-15-6-5-14(18-19-15)17(24)21-9-2-8-20(10-11-21)16(23)7-4-13-3-1-12-25-13/h1,3,5-6,12H,2,4,7-11H2,(H,19,22). The van der Waals surface area contributed by atoms with Crippen LogP contribution in [0.3, 0.4) is 0 Å². The van der Waals surface area contributed by atoms with Crippen molar-refractivity contribution in [3.8, 4) is 0 Å². The van der Waals surface area contributed by atoms with Crippen molar-refractivity contribution in [3.05, 3.63) is 50.6 Å². The maximum absolute atomic E-state index is 12.5. The number of carbonyl (C=O) groups is 2. The first-order chi connectivity index (χ1) is 12.1. The number of amides is 2. The molecule has 25 heavy (non-hydrogen) atoms. The summed E-state index contributed by atoms with van der Waals surface area (Å²) in [6, 6.07) is 6.75. The van der Waals surface area contributed by atoms with Crippen molar-refractivity contribution in [2.45, 2.75) is 19.3 Å². The lowest BCUT2D eigenvalue weighted by Gasteiger charge is -2.22. The zero-order valence-electron chi connectivity index (χ0n) is 13.8. The number of aromatic nitrogens is 2. The van der Waals surface area contributed by atoms with E-state index in [2.05, 4.69) is 10.2 Å². The minimum Gasteiger partial charge on any atom is -0.341 e. The summed E-state index contributed by atoms with van der Waals surface area (Å²) in [5, 5.41) is 8.08. The van der Waals surface area contributed by atoms with E-state index in [1.165, 1.54) is 17.0 Å². The molecule has 0 unspecified atom stereocenters. The highest BCUT2D eigenvalue weighted by atomic mass is 32.1. The number of hydrogen-bond donors (Lipinski definition) is 1. The molecule has 2 amide bonds. The third-order valence-electron chi connectivity index (χ3n) is 4.20. The predicted molar refractivity (Wildman–Crippen MR) is 94.6 cm³/mol. The molecule has 1 N–H and O–H groups in total. The summed E-state index contributed by atoms with van der Waals surface area (Å²) >= 11 is 1.66. The SMILES string of the molecule is O=C(CCc1cccs1)N1CCCN(C(=O)c2ccc(=O)[nH]n2)CC1. The van der Waals surface area contributed by atoms with E-state index < -0.39 is 0 Å². The van der Waals surface area contributed by atoms with Crippen LogP contribution in [0.5, 0.6) is 0 Å². The monoisotopic (exact) mass is 360 g/mol. The lowest BCUT2D eigenvalue weighted by Crippen LogP contribution is -2.37. The zero-order valence-corrected chi connectivity index (χ0v) is 14.6. The van der Waals surface area contributed by atoms with Crippen LogP contribution in [0, 0.1) is 0 Å². The van der Waals surface area contributed by atoms with E-state index in [4.69, 9.17) is 0 Å². The van der Waals surface area contributed by atoms with Crippen molar-refractivity contribution in [1.29, 1.82) is 0 Å². The number of carbonyl (C=O) groups excluding carboxylic acids is 2. The molecule has 0 saturated carbocycles. The van der Waals surface area contributed by atoms with Crippen molar-refractivity contribution in [1.82, 2.24) is 20.0 Å². The lowest BCUT2D eigenvalue weighted by molar-refractivity contribution is -0.131. The summed E-state index contributed by atoms with van der Waals surface area (Å²) in [7, 11) is 0. The van der Waals surface area contributed by atoms with Gasteiger partial charge in [0.2, 0.25) is 5.91 Å². The Labute approximate surface area is 149 Å². The van der Waals surface area contributed by atoms with Crippen LogP contribution < -0.4 is 5.56 Å². The first-order valence-corrected chi connectivity index (χ1v) is 9.16. The van der Waals surface area contributed by atoms with Crippen LogP contribution in [0.1, 0.15) is 28.2 Å². The Morgan fingerprint density at radius 1 is 1.12 bits per heavy atom. The van der Waals surface area contributed by atoms with Gasteiger partial charge in [-0.15, -0.1) is 11.3 Å². The van der Waals surface area contributed by atoms with Crippen molar-refractivity contribution in [3.63, 3.8) is 0 Å². The summed E-state index contributed by atoms with van der Waals surface area (Å²) in [4.78, 5) is 40.7. The summed E-state index contributed by atoms with van der Waals surface area (Å²) in [6.45, 7) is 2.24. The average Bonchev–Trinajstić information content (AvgIpc) is 3.02. The highest BCUT2D eigenvalue weighted by Gasteiger charge is 2.23. The van der Waals surface area contributed by atoms with E-state index in [-0.39, 0.29) is 23.1 Å². The summed E-state index contributed by atoms with van der Waals surface area (Å²) in [6.07, 6.45) is 1.99. The van der Waals surface area contributed by atoms with Gasteiger partial charge in [-0.3, -0.25) is 14.4 Å². The van der Waals surface area contributed by atoms with Gasteiger partial charge in [-0.2, -0.15) is 5.10 Å². The molecule has 7 nitrogen and oxygen atoms in total. The molecule has 132 valence electrons. The fourth-order valence-electron chi connectivity index (χ4n) is 2.84. The number of nitrogens with one attached hydrogen (secondary N) is 1. The molecule has 1 saturated heterocycles. The molecule has 0 spiro atoms. The number of nitrogens with zero attached hydrogens (tertiary/aromatic N) is 3. The van der Waals surface area contributed by atoms with Gasteiger partial charge >= 0.3 is 0 Å². The van der Waals surface area contributed by atoms with Crippen LogP contribution in [0.25, 0.3) is 0 Å². The Morgan fingerprint density at radius 3 is 2.64 bits per heavy atom. The average molecular weight is 360 g/mol. The van der Waals surface area contributed by atoms with E-state index in [1.54, 1.807) is 16.2 Å². The summed E-state index contributed by atoms with van der Waals surface area (Å²) in [5.41, 5.74) is -0.119. The molecule has 0 atom stereocenters. The number of aromatic amines is 1. The first-order valence-electron chi connectivity index (χ1n) is 8.28. The van der Waals surface area contributed by atoms with E-state index in [0.29, 0.717) is 32.6 Å². The molecular weight excluding hydrogens is 340 g/mol. The van der Waals surface area contributed by atoms with E-state index in [1.807, 2.05) is 22.4 Å². The van der Waals surface area contributed by atoms with Crippen molar-refractivity contribution in [2.24, 2.45) is 0 Å². The van der Waals surface area contributed by atoms with E-state index >= 15 is 0 Å². The normalized spacial score (nSPS) is 15.0. The minimum atomic E-state index is -0.338. The Kier molecular flexibility index (Phi) is 5.60. The van der Waals surface area contributed by atoms with Crippen LogP contribution in [-0.2, 0) is 11.2 Å². The quantitative estimate of drug-likeness (QED) is 0.886. The molecule has 0 aliphatic carbocycles. The topological polar surface area (TPSA) is 86.4 Å². The Bertz CT molecular complexity index is 767. The molecule has 8 heteroatoms. The van der Waals surface area contributed by atoms with Crippen molar-refractivity contribution in [2.75, 3.05) is 26.2 Å². The van der Waals surface area contributed by atoms with Gasteiger partial charge in [-0.25, -0.2) is 5.10 Å². The number of rotatable bonds is 4. The fraction of sp³-hybridized carbons (Fsp3) is 0.412. The maximum atomic E-state index is 12.5. The molecule has 0 bridgehead atoms. The number of aryl methyl sites for hydroxylation is 1. The van der Waals surface area contributed by atoms with E-state index in [0.717, 1.165) is 12.8 Å². The van der Waals surface area contributed by atoms with Gasteiger partial charge in [-0.05, 0) is 30.4 Å². The van der Waals surface area contributed by atoms with Crippen LogP contribution >= 0.6 is 11.3 Å². The predicted octanol–water partition coefficient (Wildman–Crippen LogP) is 1.14.